The minimum atomic E-state index is -5.08. The molecule has 1 saturated heterocycles. The maximum atomic E-state index is 13.8. The van der Waals surface area contributed by atoms with Crippen LogP contribution in [0.5, 0.6) is 5.88 Å². The lowest BCUT2D eigenvalue weighted by Crippen LogP contribution is -2.54. The van der Waals surface area contributed by atoms with E-state index in [2.05, 4.69) is 15.2 Å². The second-order valence-corrected chi connectivity index (χ2v) is 6.86. The van der Waals surface area contributed by atoms with Gasteiger partial charge in [-0.15, -0.1) is 0 Å². The number of nitrogens with zero attached hydrogens (tertiary/aromatic N) is 4. The van der Waals surface area contributed by atoms with Crippen molar-refractivity contribution in [3.8, 4) is 5.88 Å². The van der Waals surface area contributed by atoms with Gasteiger partial charge in [0.1, 0.15) is 12.2 Å². The number of alkyl halides is 3. The fourth-order valence-corrected chi connectivity index (χ4v) is 3.48. The van der Waals surface area contributed by atoms with E-state index < -0.39 is 18.0 Å². The van der Waals surface area contributed by atoms with Crippen molar-refractivity contribution in [2.75, 3.05) is 13.2 Å². The van der Waals surface area contributed by atoms with Crippen LogP contribution in [-0.4, -0.2) is 74.6 Å². The summed E-state index contributed by atoms with van der Waals surface area (Å²) in [6.07, 6.45) is 0.125. The number of rotatable bonds is 3. The Bertz CT molecular complexity index is 947. The van der Waals surface area contributed by atoms with Crippen molar-refractivity contribution in [3.05, 3.63) is 48.2 Å². The van der Waals surface area contributed by atoms with Crippen LogP contribution in [0.15, 0.2) is 36.8 Å². The third-order valence-corrected chi connectivity index (χ3v) is 4.86. The number of aromatic nitrogens is 3. The Kier molecular flexibility index (Phi) is 7.18. The zero-order chi connectivity index (χ0) is 23.3. The van der Waals surface area contributed by atoms with Gasteiger partial charge in [-0.25, -0.2) is 14.2 Å². The van der Waals surface area contributed by atoms with E-state index in [4.69, 9.17) is 19.4 Å². The first-order chi connectivity index (χ1) is 15.2. The molecule has 3 heterocycles. The van der Waals surface area contributed by atoms with Crippen molar-refractivity contribution >= 4 is 11.9 Å². The predicted molar refractivity (Wildman–Crippen MR) is 98.1 cm³/mol. The summed E-state index contributed by atoms with van der Waals surface area (Å²) in [4.78, 5) is 27.4. The van der Waals surface area contributed by atoms with Gasteiger partial charge in [0.25, 0.3) is 11.8 Å². The summed E-state index contributed by atoms with van der Waals surface area (Å²) in [5.74, 6) is -3.39. The van der Waals surface area contributed by atoms with E-state index in [1.807, 2.05) is 0 Å². The SMILES string of the molecule is O=C(O)C(F)(F)F.O=C(c1ccnnc1)N1CCO[C@H]2[C@@H](Oc3ncccc3F)CC[C@@H]21. The smallest absolute Gasteiger partial charge is 0.475 e. The number of carbonyl (C=O) groups excluding carboxylic acids is 1. The first-order valence-electron chi connectivity index (χ1n) is 9.45. The quantitative estimate of drug-likeness (QED) is 0.696. The van der Waals surface area contributed by atoms with Crippen LogP contribution in [0.2, 0.25) is 0 Å². The van der Waals surface area contributed by atoms with Crippen LogP contribution < -0.4 is 4.74 Å². The van der Waals surface area contributed by atoms with Gasteiger partial charge >= 0.3 is 12.1 Å². The van der Waals surface area contributed by atoms with Crippen LogP contribution in [0.1, 0.15) is 23.2 Å². The molecule has 13 heteroatoms. The number of carboxylic acid groups (broad SMARTS) is 1. The van der Waals surface area contributed by atoms with Gasteiger partial charge in [0.2, 0.25) is 0 Å². The molecule has 0 unspecified atom stereocenters. The molecule has 1 N–H and O–H groups in total. The van der Waals surface area contributed by atoms with E-state index in [0.717, 1.165) is 6.42 Å². The standard InChI is InChI=1S/C17H17FN4O3.C2HF3O2/c18-12-2-1-6-19-16(12)25-14-4-3-13-15(14)24-9-8-22(13)17(23)11-5-7-20-21-10-11;3-2(4,5)1(6)7/h1-2,5-7,10,13-15H,3-4,8-9H2;(H,6,7)/t13-,14-,15+;/m0./s1. The Labute approximate surface area is 179 Å². The molecule has 1 aliphatic carbocycles. The highest BCUT2D eigenvalue weighted by atomic mass is 19.4. The summed E-state index contributed by atoms with van der Waals surface area (Å²) >= 11 is 0. The highest BCUT2D eigenvalue weighted by Crippen LogP contribution is 2.33. The molecular formula is C19H18F4N4O5. The number of amides is 1. The van der Waals surface area contributed by atoms with Crippen molar-refractivity contribution in [2.24, 2.45) is 0 Å². The van der Waals surface area contributed by atoms with Gasteiger partial charge < -0.3 is 19.5 Å². The number of morpholine rings is 1. The van der Waals surface area contributed by atoms with Gasteiger partial charge in [0, 0.05) is 12.7 Å². The monoisotopic (exact) mass is 458 g/mol. The van der Waals surface area contributed by atoms with Gasteiger partial charge in [-0.2, -0.15) is 23.4 Å². The molecule has 3 atom stereocenters. The molecule has 1 aliphatic heterocycles. The fourth-order valence-electron chi connectivity index (χ4n) is 3.48. The Morgan fingerprint density at radius 3 is 2.56 bits per heavy atom. The fraction of sp³-hybridized carbons (Fsp3) is 0.421. The predicted octanol–water partition coefficient (Wildman–Crippen LogP) is 2.09. The second kappa shape index (κ2) is 9.85. The molecule has 9 nitrogen and oxygen atoms in total. The molecule has 4 rings (SSSR count). The van der Waals surface area contributed by atoms with Crippen LogP contribution in [-0.2, 0) is 9.53 Å². The highest BCUT2D eigenvalue weighted by molar-refractivity contribution is 5.94. The molecule has 2 aliphatic rings. The first kappa shape index (κ1) is 23.3. The van der Waals surface area contributed by atoms with Crippen LogP contribution in [0.25, 0.3) is 0 Å². The van der Waals surface area contributed by atoms with Crippen LogP contribution >= 0.6 is 0 Å². The zero-order valence-corrected chi connectivity index (χ0v) is 16.4. The molecule has 2 fully saturated rings. The van der Waals surface area contributed by atoms with Gasteiger partial charge in [0.15, 0.2) is 5.82 Å². The molecule has 2 aromatic heterocycles. The van der Waals surface area contributed by atoms with Crippen molar-refractivity contribution < 1.29 is 41.7 Å². The molecule has 32 heavy (non-hydrogen) atoms. The number of pyridine rings is 1. The van der Waals surface area contributed by atoms with Crippen molar-refractivity contribution in [1.82, 2.24) is 20.1 Å². The van der Waals surface area contributed by atoms with Crippen LogP contribution in [0.3, 0.4) is 0 Å². The molecule has 172 valence electrons. The number of ether oxygens (including phenoxy) is 2. The third kappa shape index (κ3) is 5.46. The molecule has 0 bridgehead atoms. The first-order valence-corrected chi connectivity index (χ1v) is 9.45. The minimum absolute atomic E-state index is 0.0291. The number of aliphatic carboxylic acids is 1. The Morgan fingerprint density at radius 1 is 1.19 bits per heavy atom. The van der Waals surface area contributed by atoms with Crippen molar-refractivity contribution in [3.63, 3.8) is 0 Å². The van der Waals surface area contributed by atoms with E-state index in [1.54, 1.807) is 11.0 Å². The Balaban J connectivity index is 0.000000360. The molecule has 0 radical (unpaired) electrons. The van der Waals surface area contributed by atoms with Gasteiger partial charge in [-0.1, -0.05) is 0 Å². The summed E-state index contributed by atoms with van der Waals surface area (Å²) < 4.78 is 57.1. The van der Waals surface area contributed by atoms with Gasteiger partial charge in [-0.05, 0) is 31.0 Å². The van der Waals surface area contributed by atoms with E-state index >= 15 is 0 Å². The highest BCUT2D eigenvalue weighted by Gasteiger charge is 2.46. The molecular weight excluding hydrogens is 440 g/mol. The van der Waals surface area contributed by atoms with E-state index in [0.29, 0.717) is 25.1 Å². The summed E-state index contributed by atoms with van der Waals surface area (Å²) in [7, 11) is 0. The molecule has 0 spiro atoms. The lowest BCUT2D eigenvalue weighted by molar-refractivity contribution is -0.192. The van der Waals surface area contributed by atoms with E-state index in [1.165, 1.54) is 30.7 Å². The molecule has 0 aromatic carbocycles. The average Bonchev–Trinajstić information content (AvgIpc) is 3.18. The Morgan fingerprint density at radius 2 is 1.94 bits per heavy atom. The third-order valence-electron chi connectivity index (χ3n) is 4.86. The molecule has 2 aromatic rings. The number of hydrogen-bond acceptors (Lipinski definition) is 7. The Hall–Kier alpha value is -3.35. The van der Waals surface area contributed by atoms with Gasteiger partial charge in [-0.3, -0.25) is 4.79 Å². The second-order valence-electron chi connectivity index (χ2n) is 6.86. The molecule has 1 amide bonds. The van der Waals surface area contributed by atoms with Gasteiger partial charge in [0.05, 0.1) is 30.6 Å². The average molecular weight is 458 g/mol. The summed E-state index contributed by atoms with van der Waals surface area (Å²) in [6.45, 7) is 0.920. The van der Waals surface area contributed by atoms with Crippen LogP contribution in [0.4, 0.5) is 17.6 Å². The largest absolute Gasteiger partial charge is 0.490 e. The van der Waals surface area contributed by atoms with Crippen LogP contribution in [0, 0.1) is 5.82 Å². The lowest BCUT2D eigenvalue weighted by Gasteiger charge is -2.38. The number of hydrogen-bond donors (Lipinski definition) is 1. The number of fused-ring (bicyclic) bond motifs is 1. The minimum Gasteiger partial charge on any atom is -0.475 e. The van der Waals surface area contributed by atoms with E-state index in [9.17, 15) is 22.4 Å². The number of carboxylic acids is 1. The summed E-state index contributed by atoms with van der Waals surface area (Å²) in [6, 6.07) is 4.36. The summed E-state index contributed by atoms with van der Waals surface area (Å²) in [5, 5.41) is 14.6. The normalized spacial score (nSPS) is 22.4. The van der Waals surface area contributed by atoms with E-state index in [-0.39, 0.29) is 30.0 Å². The zero-order valence-electron chi connectivity index (χ0n) is 16.4. The number of carbonyl (C=O) groups is 2. The number of halogens is 4. The molecule has 1 saturated carbocycles. The maximum Gasteiger partial charge on any atom is 0.490 e. The van der Waals surface area contributed by atoms with Crippen molar-refractivity contribution in [1.29, 1.82) is 0 Å². The topological polar surface area (TPSA) is 115 Å². The summed E-state index contributed by atoms with van der Waals surface area (Å²) in [5.41, 5.74) is 0.496. The van der Waals surface area contributed by atoms with Crippen molar-refractivity contribution in [2.45, 2.75) is 37.3 Å². The maximum absolute atomic E-state index is 13.8. The lowest BCUT2D eigenvalue weighted by atomic mass is 10.1.